The van der Waals surface area contributed by atoms with Gasteiger partial charge in [0.2, 0.25) is 0 Å². The molecule has 0 aliphatic rings. The number of hydrogen-bond donors (Lipinski definition) is 8. The molecule has 19 heteroatoms. The maximum Gasteiger partial charge on any atom is 2.00 e. The van der Waals surface area contributed by atoms with Crippen molar-refractivity contribution in [1.29, 1.82) is 0 Å². The number of benzene rings is 1. The number of carboxylic acid groups (broad SMARTS) is 3. The zero-order chi connectivity index (χ0) is 34.5. The first kappa shape index (κ1) is 57.4. The fourth-order valence-corrected chi connectivity index (χ4v) is 1.98. The number of aliphatic carboxylic acids is 3. The smallest absolute Gasteiger partial charge is 0.872 e. The van der Waals surface area contributed by atoms with Crippen LogP contribution in [0, 0.1) is 6.92 Å². The second kappa shape index (κ2) is 35.2. The van der Waals surface area contributed by atoms with Gasteiger partial charge in [0, 0.05) is 44.6 Å². The summed E-state index contributed by atoms with van der Waals surface area (Å²) >= 11 is 0. The molecule has 0 aliphatic carbocycles. The maximum absolute atomic E-state index is 12.5. The second-order valence-electron chi connectivity index (χ2n) is 7.66. The minimum absolute atomic E-state index is 0. The van der Waals surface area contributed by atoms with E-state index in [-0.39, 0.29) is 50.1 Å². The summed E-state index contributed by atoms with van der Waals surface area (Å²) in [5.74, 6) is -3.71. The summed E-state index contributed by atoms with van der Waals surface area (Å²) in [7, 11) is 2.00. The largest absolute Gasteiger partial charge is 2.00 e. The molecule has 44 heavy (non-hydrogen) atoms. The quantitative estimate of drug-likeness (QED) is 0.0816. The van der Waals surface area contributed by atoms with Gasteiger partial charge < -0.3 is 75.7 Å². The molecular formula is C25H42N2O15Zn2. The van der Waals surface area contributed by atoms with Crippen molar-refractivity contribution in [2.75, 3.05) is 53.9 Å². The number of aliphatic imine (C=N–C) groups is 2. The van der Waals surface area contributed by atoms with Crippen LogP contribution in [-0.4, -0.2) is 136 Å². The van der Waals surface area contributed by atoms with Crippen molar-refractivity contribution < 1.29 is 115 Å². The number of carbonyl (C=O) groups is 3. The van der Waals surface area contributed by atoms with Crippen molar-refractivity contribution in [3.05, 3.63) is 28.8 Å². The molecule has 0 atom stereocenters. The minimum atomic E-state index is -1.50. The van der Waals surface area contributed by atoms with E-state index in [4.69, 9.17) is 39.9 Å². The molecule has 17 nitrogen and oxygen atoms in total. The molecule has 0 saturated carbocycles. The molecule has 0 fully saturated rings. The number of carbonyl (C=O) groups excluding carboxylic acids is 3. The van der Waals surface area contributed by atoms with Crippen LogP contribution < -0.4 is 20.4 Å². The van der Waals surface area contributed by atoms with Crippen molar-refractivity contribution in [2.45, 2.75) is 38.8 Å². The van der Waals surface area contributed by atoms with E-state index >= 15 is 0 Å². The fourth-order valence-electron chi connectivity index (χ4n) is 1.98. The molecule has 0 aromatic heterocycles. The Bertz CT molecular complexity index is 817. The van der Waals surface area contributed by atoms with Gasteiger partial charge in [0.25, 0.3) is 0 Å². The van der Waals surface area contributed by atoms with E-state index in [0.29, 0.717) is 5.56 Å². The van der Waals surface area contributed by atoms with Crippen LogP contribution in [0.25, 0.3) is 0 Å². The maximum atomic E-state index is 12.5. The zero-order valence-corrected chi connectivity index (χ0v) is 31.7. The van der Waals surface area contributed by atoms with E-state index in [1.807, 2.05) is 0 Å². The molecular weight excluding hydrogens is 699 g/mol. The third kappa shape index (κ3) is 31.1. The molecule has 0 bridgehead atoms. The van der Waals surface area contributed by atoms with Gasteiger partial charge in [0.05, 0.1) is 39.6 Å². The molecule has 1 aromatic carbocycles. The van der Waals surface area contributed by atoms with Gasteiger partial charge in [-0.25, -0.2) is 0 Å². The van der Waals surface area contributed by atoms with Crippen molar-refractivity contribution in [3.63, 3.8) is 0 Å². The zero-order valence-electron chi connectivity index (χ0n) is 25.8. The molecule has 0 spiro atoms. The monoisotopic (exact) mass is 738 g/mol. The first-order valence-corrected chi connectivity index (χ1v) is 11.5. The Morgan fingerprint density at radius 2 is 0.818 bits per heavy atom. The molecule has 246 valence electrons. The number of aryl methyl sites for hydroxylation is 1. The van der Waals surface area contributed by atoms with Gasteiger partial charge in [-0.2, -0.15) is 0 Å². The molecule has 8 N–H and O–H groups in total. The van der Waals surface area contributed by atoms with Gasteiger partial charge in [-0.1, -0.05) is 17.9 Å². The fraction of sp³-hybridized carbons (Fsp3) is 0.560. The number of nitrogens with zero attached hydrogens (tertiary/aromatic N) is 2. The van der Waals surface area contributed by atoms with Crippen LogP contribution in [0.3, 0.4) is 0 Å². The van der Waals surface area contributed by atoms with Crippen LogP contribution in [0.2, 0.25) is 0 Å². The Morgan fingerprint density at radius 3 is 0.977 bits per heavy atom. The summed E-state index contributed by atoms with van der Waals surface area (Å²) in [5, 5.41) is 109. The number of hydrogen-bond acceptors (Lipinski definition) is 17. The van der Waals surface area contributed by atoms with E-state index < -0.39 is 74.4 Å². The summed E-state index contributed by atoms with van der Waals surface area (Å²) in [4.78, 5) is 34.6. The average molecular weight is 741 g/mol. The van der Waals surface area contributed by atoms with Gasteiger partial charge in [-0.05, 0) is 44.4 Å². The van der Waals surface area contributed by atoms with E-state index in [9.17, 15) is 35.7 Å². The summed E-state index contributed by atoms with van der Waals surface area (Å²) in [6.45, 7) is 1.04. The van der Waals surface area contributed by atoms with Crippen molar-refractivity contribution >= 4 is 30.3 Å². The minimum Gasteiger partial charge on any atom is -0.872 e. The van der Waals surface area contributed by atoms with Crippen LogP contribution in [0.1, 0.15) is 37.5 Å². The SMILES string of the molecule is CC(=O)[O-].CC(=O)[O-].CC(=O)[O-].CO.CO.Cc1cc(C=NC(CO)(CO)CO)c([O-])c(C=NC(CO)(CO)CO)c1.[Zn+2].[Zn+2]. The van der Waals surface area contributed by atoms with E-state index in [1.54, 1.807) is 6.92 Å². The molecule has 0 radical (unpaired) electrons. The van der Waals surface area contributed by atoms with Gasteiger partial charge in [-0.3, -0.25) is 9.98 Å². The Hall–Kier alpha value is -2.30. The predicted molar refractivity (Wildman–Crippen MR) is 142 cm³/mol. The summed E-state index contributed by atoms with van der Waals surface area (Å²) in [6, 6.07) is 3.08. The second-order valence-corrected chi connectivity index (χ2v) is 7.66. The van der Waals surface area contributed by atoms with Crippen LogP contribution in [-0.2, 0) is 53.3 Å². The number of aliphatic hydroxyl groups excluding tert-OH is 8. The molecule has 0 unspecified atom stereocenters. The van der Waals surface area contributed by atoms with Crippen molar-refractivity contribution in [2.24, 2.45) is 9.98 Å². The van der Waals surface area contributed by atoms with E-state index in [1.165, 1.54) is 12.1 Å². The third-order valence-corrected chi connectivity index (χ3v) is 4.01. The number of rotatable bonds is 10. The van der Waals surface area contributed by atoms with Crippen LogP contribution in [0.5, 0.6) is 5.75 Å². The average Bonchev–Trinajstić information content (AvgIpc) is 2.94. The Labute approximate surface area is 281 Å². The number of aliphatic hydroxyl groups is 8. The van der Waals surface area contributed by atoms with Gasteiger partial charge in [0.1, 0.15) is 11.1 Å². The number of carboxylic acids is 3. The van der Waals surface area contributed by atoms with Gasteiger partial charge in [0.15, 0.2) is 0 Å². The standard InChI is InChI=1S/C17H26N2O7.3C2H4O2.2CH4O.2Zn/c1-12-2-13(4-18-16(6-20,7-21)8-22)15(26)14(3-12)5-19-17(9-23,10-24)11-25;3*1-2(3)4;2*1-2;;/h2-5,20-26H,6-11H2,1H3;3*1H3,(H,3,4);2*2H,1H3;;/q;;;;;;2*+2/p-4. The predicted octanol–water partition coefficient (Wildman–Crippen LogP) is -7.18. The molecule has 1 aromatic rings. The van der Waals surface area contributed by atoms with Gasteiger partial charge >= 0.3 is 39.0 Å². The Morgan fingerprint density at radius 1 is 0.636 bits per heavy atom. The van der Waals surface area contributed by atoms with Crippen molar-refractivity contribution in [1.82, 2.24) is 0 Å². The molecule has 0 heterocycles. The normalized spacial score (nSPS) is 9.77. The van der Waals surface area contributed by atoms with Gasteiger partial charge in [-0.15, -0.1) is 0 Å². The first-order valence-electron chi connectivity index (χ1n) is 11.5. The van der Waals surface area contributed by atoms with Crippen LogP contribution in [0.15, 0.2) is 22.1 Å². The Balaban J connectivity index is -0.000000127. The van der Waals surface area contributed by atoms with E-state index in [2.05, 4.69) is 9.98 Å². The third-order valence-electron chi connectivity index (χ3n) is 4.01. The molecule has 1 rings (SSSR count). The molecule has 0 saturated heterocycles. The Kier molecular flexibility index (Phi) is 45.9. The summed E-state index contributed by atoms with van der Waals surface area (Å²) < 4.78 is 0. The van der Waals surface area contributed by atoms with E-state index in [0.717, 1.165) is 47.4 Å². The molecule has 0 aliphatic heterocycles. The first-order chi connectivity index (χ1) is 19.5. The molecule has 0 amide bonds. The summed E-state index contributed by atoms with van der Waals surface area (Å²) in [6.07, 6.45) is 2.32. The van der Waals surface area contributed by atoms with Crippen molar-refractivity contribution in [3.8, 4) is 5.75 Å². The summed E-state index contributed by atoms with van der Waals surface area (Å²) in [5.41, 5.74) is -2.01. The topological polar surface area (TPSA) is 330 Å². The van der Waals surface area contributed by atoms with Crippen LogP contribution >= 0.6 is 0 Å². The van der Waals surface area contributed by atoms with Crippen LogP contribution in [0.4, 0.5) is 0 Å².